The molecule has 0 bridgehead atoms. The number of aromatic nitrogens is 1. The molecule has 1 saturated heterocycles. The van der Waals surface area contributed by atoms with Crippen LogP contribution in [0.25, 0.3) is 0 Å². The van der Waals surface area contributed by atoms with Gasteiger partial charge in [0.25, 0.3) is 0 Å². The summed E-state index contributed by atoms with van der Waals surface area (Å²) in [5.41, 5.74) is 2.07. The Morgan fingerprint density at radius 1 is 1.10 bits per heavy atom. The van der Waals surface area contributed by atoms with E-state index in [2.05, 4.69) is 4.98 Å². The lowest BCUT2D eigenvalue weighted by Gasteiger charge is -2.30. The minimum Gasteiger partial charge on any atom is -0.493 e. The number of ether oxygens (including phenoxy) is 3. The summed E-state index contributed by atoms with van der Waals surface area (Å²) in [5, 5.41) is 0. The first kappa shape index (κ1) is 21.6. The summed E-state index contributed by atoms with van der Waals surface area (Å²) in [6.45, 7) is 2.44. The molecule has 166 valence electrons. The fraction of sp³-hybridized carbons (Fsp3) is 0.520. The van der Waals surface area contributed by atoms with Crippen LogP contribution in [0.4, 0.5) is 0 Å². The number of carbonyl (C=O) groups is 1. The van der Waals surface area contributed by atoms with Gasteiger partial charge in [0.05, 0.1) is 20.3 Å². The van der Waals surface area contributed by atoms with Crippen LogP contribution in [0.2, 0.25) is 0 Å². The molecule has 1 atom stereocenters. The monoisotopic (exact) mass is 424 g/mol. The van der Waals surface area contributed by atoms with Crippen LogP contribution in [0.1, 0.15) is 49.7 Å². The first-order chi connectivity index (χ1) is 15.2. The number of carbonyl (C=O) groups excluding carboxylic acids is 1. The highest BCUT2D eigenvalue weighted by Gasteiger charge is 2.27. The van der Waals surface area contributed by atoms with Crippen molar-refractivity contribution in [2.24, 2.45) is 5.92 Å². The topological polar surface area (TPSA) is 60.9 Å². The van der Waals surface area contributed by atoms with E-state index in [4.69, 9.17) is 14.2 Å². The minimum atomic E-state index is 0.0645. The molecule has 2 heterocycles. The van der Waals surface area contributed by atoms with Crippen LogP contribution in [0.5, 0.6) is 11.5 Å². The maximum Gasteiger partial charge on any atom is 0.226 e. The molecule has 31 heavy (non-hydrogen) atoms. The van der Waals surface area contributed by atoms with E-state index < -0.39 is 0 Å². The summed E-state index contributed by atoms with van der Waals surface area (Å²) in [7, 11) is 1.65. The molecule has 0 N–H and O–H groups in total. The molecule has 2 aliphatic rings. The summed E-state index contributed by atoms with van der Waals surface area (Å²) in [6.07, 6.45) is 10.0. The lowest BCUT2D eigenvalue weighted by molar-refractivity contribution is -0.137. The number of methoxy groups -OCH3 is 1. The van der Waals surface area contributed by atoms with Gasteiger partial charge in [-0.25, -0.2) is 0 Å². The predicted molar refractivity (Wildman–Crippen MR) is 118 cm³/mol. The highest BCUT2D eigenvalue weighted by atomic mass is 16.6. The van der Waals surface area contributed by atoms with Crippen molar-refractivity contribution in [2.45, 2.75) is 57.7 Å². The highest BCUT2D eigenvalue weighted by Crippen LogP contribution is 2.32. The van der Waals surface area contributed by atoms with Crippen molar-refractivity contribution in [2.75, 3.05) is 20.3 Å². The molecular weight excluding hydrogens is 392 g/mol. The second-order valence-corrected chi connectivity index (χ2v) is 8.48. The van der Waals surface area contributed by atoms with Gasteiger partial charge in [0.2, 0.25) is 5.91 Å². The van der Waals surface area contributed by atoms with Gasteiger partial charge < -0.3 is 19.1 Å². The van der Waals surface area contributed by atoms with Gasteiger partial charge in [-0.1, -0.05) is 31.4 Å². The number of nitrogens with zero attached hydrogens (tertiary/aromatic N) is 2. The summed E-state index contributed by atoms with van der Waals surface area (Å²) in [5.74, 6) is 1.78. The molecule has 0 unspecified atom stereocenters. The quantitative estimate of drug-likeness (QED) is 0.630. The largest absolute Gasteiger partial charge is 0.493 e. The molecule has 1 amide bonds. The number of hydrogen-bond donors (Lipinski definition) is 0. The predicted octanol–water partition coefficient (Wildman–Crippen LogP) is 4.37. The smallest absolute Gasteiger partial charge is 0.226 e. The first-order valence-corrected chi connectivity index (χ1v) is 11.3. The fourth-order valence-corrected chi connectivity index (χ4v) is 4.45. The molecule has 6 heteroatoms. The van der Waals surface area contributed by atoms with E-state index in [9.17, 15) is 4.79 Å². The molecule has 0 radical (unpaired) electrons. The number of pyridine rings is 1. The van der Waals surface area contributed by atoms with E-state index in [0.29, 0.717) is 25.4 Å². The Hall–Kier alpha value is -2.60. The second kappa shape index (κ2) is 10.6. The average molecular weight is 425 g/mol. The standard InChI is InChI=1S/C25H32N2O4/c1-29-24-14-19(9-10-23(24)31-22-11-13-30-18-22)16-27(17-20-6-5-12-26-15-20)25(28)21-7-3-2-4-8-21/h5-6,9-10,12,14-15,21-22H,2-4,7-8,11,13,16-18H2,1H3/t22-/m0/s1. The summed E-state index contributed by atoms with van der Waals surface area (Å²) < 4.78 is 17.1. The van der Waals surface area contributed by atoms with Crippen molar-refractivity contribution in [1.82, 2.24) is 9.88 Å². The van der Waals surface area contributed by atoms with Crippen molar-refractivity contribution >= 4 is 5.91 Å². The fourth-order valence-electron chi connectivity index (χ4n) is 4.45. The van der Waals surface area contributed by atoms with Crippen LogP contribution in [-0.2, 0) is 22.6 Å². The lowest BCUT2D eigenvalue weighted by Crippen LogP contribution is -2.36. The SMILES string of the molecule is COc1cc(CN(Cc2cccnc2)C(=O)C2CCCCC2)ccc1O[C@H]1CCOC1. The zero-order valence-corrected chi connectivity index (χ0v) is 18.3. The van der Waals surface area contributed by atoms with Crippen LogP contribution >= 0.6 is 0 Å². The molecule has 6 nitrogen and oxygen atoms in total. The van der Waals surface area contributed by atoms with Gasteiger partial charge in [0.15, 0.2) is 11.5 Å². The lowest BCUT2D eigenvalue weighted by atomic mass is 9.88. The second-order valence-electron chi connectivity index (χ2n) is 8.48. The summed E-state index contributed by atoms with van der Waals surface area (Å²) in [6, 6.07) is 9.89. The van der Waals surface area contributed by atoms with Crippen LogP contribution < -0.4 is 9.47 Å². The molecule has 2 fully saturated rings. The molecule has 1 aliphatic heterocycles. The molecule has 1 aromatic heterocycles. The van der Waals surface area contributed by atoms with Crippen molar-refractivity contribution < 1.29 is 19.0 Å². The molecular formula is C25H32N2O4. The molecule has 0 spiro atoms. The van der Waals surface area contributed by atoms with Crippen molar-refractivity contribution in [3.05, 3.63) is 53.9 Å². The molecule has 1 aliphatic carbocycles. The highest BCUT2D eigenvalue weighted by molar-refractivity contribution is 5.79. The molecule has 2 aromatic rings. The van der Waals surface area contributed by atoms with E-state index >= 15 is 0 Å². The molecule has 1 aromatic carbocycles. The van der Waals surface area contributed by atoms with E-state index in [1.165, 1.54) is 6.42 Å². The van der Waals surface area contributed by atoms with Gasteiger partial charge in [-0.2, -0.15) is 0 Å². The average Bonchev–Trinajstić information content (AvgIpc) is 3.33. The Morgan fingerprint density at radius 3 is 2.65 bits per heavy atom. The maximum absolute atomic E-state index is 13.4. The maximum atomic E-state index is 13.4. The number of rotatable bonds is 8. The van der Waals surface area contributed by atoms with Crippen molar-refractivity contribution in [3.8, 4) is 11.5 Å². The van der Waals surface area contributed by atoms with E-state index in [-0.39, 0.29) is 17.9 Å². The third-order valence-corrected chi connectivity index (χ3v) is 6.15. The van der Waals surface area contributed by atoms with Gasteiger partial charge in [-0.15, -0.1) is 0 Å². The summed E-state index contributed by atoms with van der Waals surface area (Å²) >= 11 is 0. The van der Waals surface area contributed by atoms with Gasteiger partial charge in [0.1, 0.15) is 6.10 Å². The third kappa shape index (κ3) is 5.76. The van der Waals surface area contributed by atoms with Gasteiger partial charge in [0, 0.05) is 37.8 Å². The van der Waals surface area contributed by atoms with E-state index in [0.717, 1.165) is 55.6 Å². The Morgan fingerprint density at radius 2 is 1.94 bits per heavy atom. The van der Waals surface area contributed by atoms with Gasteiger partial charge in [-0.3, -0.25) is 9.78 Å². The van der Waals surface area contributed by atoms with Crippen LogP contribution in [0.15, 0.2) is 42.7 Å². The minimum absolute atomic E-state index is 0.0645. The first-order valence-electron chi connectivity index (χ1n) is 11.3. The van der Waals surface area contributed by atoms with Crippen LogP contribution in [0.3, 0.4) is 0 Å². The van der Waals surface area contributed by atoms with Crippen molar-refractivity contribution in [3.63, 3.8) is 0 Å². The zero-order chi connectivity index (χ0) is 21.5. The number of benzene rings is 1. The Kier molecular flexibility index (Phi) is 7.41. The molecule has 1 saturated carbocycles. The third-order valence-electron chi connectivity index (χ3n) is 6.15. The van der Waals surface area contributed by atoms with Crippen LogP contribution in [-0.4, -0.2) is 42.2 Å². The van der Waals surface area contributed by atoms with Gasteiger partial charge >= 0.3 is 0 Å². The van der Waals surface area contributed by atoms with Crippen molar-refractivity contribution in [1.29, 1.82) is 0 Å². The Labute approximate surface area is 184 Å². The van der Waals surface area contributed by atoms with Gasteiger partial charge in [-0.05, 0) is 42.2 Å². The van der Waals surface area contributed by atoms with Crippen LogP contribution in [0, 0.1) is 5.92 Å². The Bertz CT molecular complexity index is 846. The van der Waals surface area contributed by atoms with E-state index in [1.807, 2.05) is 41.4 Å². The normalized spacial score (nSPS) is 19.2. The van der Waals surface area contributed by atoms with E-state index in [1.54, 1.807) is 13.3 Å². The molecule has 4 rings (SSSR count). The number of hydrogen-bond acceptors (Lipinski definition) is 5. The zero-order valence-electron chi connectivity index (χ0n) is 18.3. The Balaban J connectivity index is 1.51. The summed E-state index contributed by atoms with van der Waals surface area (Å²) in [4.78, 5) is 19.6. The number of amides is 1.